The minimum Gasteiger partial charge on any atom is -0.784 e. The molecule has 0 bridgehead atoms. The minimum absolute atomic E-state index is 0.0180. The van der Waals surface area contributed by atoms with Crippen molar-refractivity contribution in [1.29, 1.82) is 0 Å². The zero-order chi connectivity index (χ0) is 54.4. The molecule has 4 aromatic rings. The van der Waals surface area contributed by atoms with E-state index in [2.05, 4.69) is 31.9 Å². The van der Waals surface area contributed by atoms with Crippen LogP contribution in [0.5, 0.6) is 0 Å². The molecular weight excluding hydrogens is 931 g/mol. The number of esters is 1. The molecule has 0 aromatic heterocycles. The second-order valence-electron chi connectivity index (χ2n) is 23.8. The van der Waals surface area contributed by atoms with Gasteiger partial charge in [0.1, 0.15) is 45.9 Å². The van der Waals surface area contributed by atoms with Crippen LogP contribution >= 0.6 is 0 Å². The number of fused-ring (bicyclic) bond motifs is 7. The van der Waals surface area contributed by atoms with E-state index in [1.54, 1.807) is 69.2 Å². The SMILES string of the molecule is C[C@H](NC(=O)C1(NC(=O)OC(C)(C)C)Cc2ccc3ccccc3c2-c2c(ccc3ccccc23)C1)C(=O)NC(C)(C)C(=O)NC1(C(=O)N[C@@H](C)C(=O)N[C@@H](C)C(=O)OC(C)(C)C)CC(C)(C)N([O-])C(C)(C)C1. The van der Waals surface area contributed by atoms with Crippen LogP contribution in [0.2, 0.25) is 0 Å². The lowest BCUT2D eigenvalue weighted by Gasteiger charge is -2.63. The van der Waals surface area contributed by atoms with Gasteiger partial charge in [-0.1, -0.05) is 72.8 Å². The lowest BCUT2D eigenvalue weighted by molar-refractivity contribution is -0.158. The summed E-state index contributed by atoms with van der Waals surface area (Å²) in [5.41, 5.74) is -5.96. The van der Waals surface area contributed by atoms with E-state index < -0.39 is 98.6 Å². The summed E-state index contributed by atoms with van der Waals surface area (Å²) in [5.74, 6) is -4.36. The molecule has 1 aliphatic carbocycles. The Hall–Kier alpha value is -6.59. The summed E-state index contributed by atoms with van der Waals surface area (Å²) < 4.78 is 11.2. The Balaban J connectivity index is 1.28. The van der Waals surface area contributed by atoms with E-state index in [0.717, 1.165) is 48.9 Å². The molecule has 1 heterocycles. The summed E-state index contributed by atoms with van der Waals surface area (Å²) >= 11 is 0. The van der Waals surface area contributed by atoms with Gasteiger partial charge < -0.3 is 51.6 Å². The molecule has 0 spiro atoms. The highest BCUT2D eigenvalue weighted by Gasteiger charge is 2.55. The normalized spacial score (nSPS) is 18.2. The molecule has 6 amide bonds. The molecule has 1 saturated heterocycles. The third kappa shape index (κ3) is 12.3. The van der Waals surface area contributed by atoms with Crippen molar-refractivity contribution in [2.24, 2.45) is 0 Å². The Morgan fingerprint density at radius 1 is 0.562 bits per heavy atom. The number of carbonyl (C=O) groups is 7. The zero-order valence-electron chi connectivity index (χ0n) is 45.0. The summed E-state index contributed by atoms with van der Waals surface area (Å²) in [7, 11) is 0. The summed E-state index contributed by atoms with van der Waals surface area (Å²) in [4.78, 5) is 98.6. The summed E-state index contributed by atoms with van der Waals surface area (Å²) in [6, 6.07) is 20.3. The first-order valence-corrected chi connectivity index (χ1v) is 24.9. The molecule has 0 saturated carbocycles. The zero-order valence-corrected chi connectivity index (χ0v) is 45.0. The predicted molar refractivity (Wildman–Crippen MR) is 281 cm³/mol. The fraction of sp³-hybridized carbons (Fsp3) is 0.518. The fourth-order valence-corrected chi connectivity index (χ4v) is 10.3. The highest BCUT2D eigenvalue weighted by molar-refractivity contribution is 6.09. The topological polar surface area (TPSA) is 236 Å². The van der Waals surface area contributed by atoms with E-state index in [1.165, 1.54) is 34.6 Å². The van der Waals surface area contributed by atoms with E-state index in [-0.39, 0.29) is 25.7 Å². The van der Waals surface area contributed by atoms with Gasteiger partial charge in [-0.15, -0.1) is 0 Å². The van der Waals surface area contributed by atoms with Crippen LogP contribution in [-0.4, -0.2) is 104 Å². The molecule has 17 heteroatoms. The number of nitrogens with zero attached hydrogens (tertiary/aromatic N) is 1. The molecule has 17 nitrogen and oxygen atoms in total. The van der Waals surface area contributed by atoms with E-state index in [4.69, 9.17) is 9.47 Å². The largest absolute Gasteiger partial charge is 0.784 e. The van der Waals surface area contributed by atoms with Gasteiger partial charge in [-0.05, 0) is 160 Å². The van der Waals surface area contributed by atoms with Gasteiger partial charge in [-0.2, -0.15) is 0 Å². The molecule has 0 radical (unpaired) electrons. The lowest BCUT2D eigenvalue weighted by atomic mass is 9.69. The third-order valence-electron chi connectivity index (χ3n) is 13.4. The van der Waals surface area contributed by atoms with Crippen molar-refractivity contribution in [3.05, 3.63) is 89.1 Å². The van der Waals surface area contributed by atoms with Gasteiger partial charge in [0.15, 0.2) is 0 Å². The van der Waals surface area contributed by atoms with Gasteiger partial charge in [-0.3, -0.25) is 24.0 Å². The van der Waals surface area contributed by atoms with Crippen molar-refractivity contribution in [3.63, 3.8) is 0 Å². The van der Waals surface area contributed by atoms with Gasteiger partial charge in [0.05, 0.1) is 0 Å². The van der Waals surface area contributed by atoms with Gasteiger partial charge in [0.25, 0.3) is 0 Å². The molecule has 6 N–H and O–H groups in total. The second kappa shape index (κ2) is 20.0. The van der Waals surface area contributed by atoms with Gasteiger partial charge in [0, 0.05) is 23.9 Å². The van der Waals surface area contributed by atoms with Crippen molar-refractivity contribution in [3.8, 4) is 11.1 Å². The number of amides is 6. The number of alkyl carbamates (subject to hydrolysis) is 1. The van der Waals surface area contributed by atoms with E-state index >= 15 is 4.79 Å². The summed E-state index contributed by atoms with van der Waals surface area (Å²) in [6.45, 7) is 24.0. The van der Waals surface area contributed by atoms with Crippen molar-refractivity contribution in [1.82, 2.24) is 37.0 Å². The third-order valence-corrected chi connectivity index (χ3v) is 13.4. The van der Waals surface area contributed by atoms with Crippen LogP contribution in [0, 0.1) is 5.21 Å². The highest BCUT2D eigenvalue weighted by atomic mass is 16.6. The van der Waals surface area contributed by atoms with Crippen molar-refractivity contribution < 1.29 is 43.0 Å². The number of nitrogens with one attached hydrogen (secondary N) is 6. The van der Waals surface area contributed by atoms with Gasteiger partial charge >= 0.3 is 12.1 Å². The Morgan fingerprint density at radius 2 is 1.00 bits per heavy atom. The second-order valence-corrected chi connectivity index (χ2v) is 23.8. The van der Waals surface area contributed by atoms with Crippen LogP contribution in [0.1, 0.15) is 128 Å². The standard InChI is InChI=1S/C56H74N7O10/c1-32(43(64)57-34(3)45(66)72-50(4,5)6)58-48(69)56(30-52(10,11)63(71)53(12,13)31-56)61-46(67)54(14,15)60-44(65)33(2)59-47(68)55(62-49(70)73-51(7,8)9)28-37-26-24-35-20-16-18-22-39(35)41(37)42-38(29-55)27-25-36-21-17-19-23-40(36)42/h16-27,32-34H,28-31H2,1-15H3,(H,57,64)(H,58,69)(H,59,68)(H,60,65)(H,61,67)(H,62,70)/q-1/t32-,33-,34-/m0/s1. The first-order chi connectivity index (χ1) is 33.6. The molecule has 394 valence electrons. The Kier molecular flexibility index (Phi) is 15.3. The number of piperidine rings is 1. The monoisotopic (exact) mass is 1000 g/mol. The van der Waals surface area contributed by atoms with Gasteiger partial charge in [0.2, 0.25) is 29.5 Å². The Labute approximate surface area is 428 Å². The molecule has 73 heavy (non-hydrogen) atoms. The Morgan fingerprint density at radius 3 is 1.47 bits per heavy atom. The number of carbonyl (C=O) groups excluding carboxylic acids is 7. The van der Waals surface area contributed by atoms with Crippen molar-refractivity contribution in [2.45, 2.75) is 187 Å². The van der Waals surface area contributed by atoms with Gasteiger partial charge in [-0.25, -0.2) is 9.59 Å². The van der Waals surface area contributed by atoms with Crippen molar-refractivity contribution in [2.75, 3.05) is 0 Å². The predicted octanol–water partition coefficient (Wildman–Crippen LogP) is 6.78. The molecule has 0 unspecified atom stereocenters. The average molecular weight is 1010 g/mol. The molecule has 6 rings (SSSR count). The molecule has 1 aliphatic heterocycles. The quantitative estimate of drug-likeness (QED) is 0.0810. The first kappa shape index (κ1) is 55.7. The first-order valence-electron chi connectivity index (χ1n) is 24.9. The van der Waals surface area contributed by atoms with E-state index in [9.17, 15) is 34.0 Å². The number of hydrogen-bond acceptors (Lipinski definition) is 11. The van der Waals surface area contributed by atoms with Crippen molar-refractivity contribution >= 4 is 63.1 Å². The highest BCUT2D eigenvalue weighted by Crippen LogP contribution is 2.45. The average Bonchev–Trinajstić information content (AvgIpc) is 3.41. The lowest BCUT2D eigenvalue weighted by Crippen LogP contribution is -2.74. The smallest absolute Gasteiger partial charge is 0.408 e. The maximum absolute atomic E-state index is 15.2. The van der Waals surface area contributed by atoms with E-state index in [0.29, 0.717) is 0 Å². The maximum Gasteiger partial charge on any atom is 0.408 e. The molecule has 1 fully saturated rings. The summed E-state index contributed by atoms with van der Waals surface area (Å²) in [6.07, 6.45) is -1.17. The molecular formula is C56H74N7O10-. The van der Waals surface area contributed by atoms with Crippen LogP contribution in [0.25, 0.3) is 32.7 Å². The maximum atomic E-state index is 15.2. The van der Waals surface area contributed by atoms with Crippen LogP contribution < -0.4 is 31.9 Å². The minimum atomic E-state index is -1.79. The molecule has 4 aromatic carbocycles. The molecule has 2 aliphatic rings. The van der Waals surface area contributed by atoms with Crippen LogP contribution in [0.3, 0.4) is 0 Å². The van der Waals surface area contributed by atoms with Crippen LogP contribution in [0.4, 0.5) is 4.79 Å². The number of hydrogen-bond donors (Lipinski definition) is 6. The van der Waals surface area contributed by atoms with Crippen LogP contribution in [-0.2, 0) is 51.1 Å². The molecule has 3 atom stereocenters. The van der Waals surface area contributed by atoms with E-state index in [1.807, 2.05) is 72.8 Å². The number of rotatable bonds is 12. The fourth-order valence-electron chi connectivity index (χ4n) is 10.3. The number of ether oxygens (including phenoxy) is 2. The summed E-state index contributed by atoms with van der Waals surface area (Å²) in [5, 5.41) is 35.1. The Bertz CT molecular complexity index is 2740. The number of benzene rings is 4. The van der Waals surface area contributed by atoms with Crippen LogP contribution in [0.15, 0.2) is 72.8 Å². The number of hydroxylamine groups is 2.